The molecule has 3 heterocycles. The summed E-state index contributed by atoms with van der Waals surface area (Å²) in [5.74, 6) is 0.658. The molecule has 1 aromatic carbocycles. The zero-order valence-electron chi connectivity index (χ0n) is 15.9. The van der Waals surface area contributed by atoms with Gasteiger partial charge in [-0.25, -0.2) is 4.68 Å². The molecule has 1 aromatic heterocycles. The van der Waals surface area contributed by atoms with Crippen molar-refractivity contribution in [2.45, 2.75) is 39.0 Å². The number of aryl methyl sites for hydroxylation is 2. The summed E-state index contributed by atoms with van der Waals surface area (Å²) in [6, 6.07) is 10.5. The van der Waals surface area contributed by atoms with E-state index in [-0.39, 0.29) is 17.8 Å². The van der Waals surface area contributed by atoms with Gasteiger partial charge in [-0.1, -0.05) is 12.1 Å². The lowest BCUT2D eigenvalue weighted by Gasteiger charge is -2.40. The van der Waals surface area contributed by atoms with Crippen LogP contribution in [0.1, 0.15) is 42.1 Å². The molecule has 0 spiro atoms. The van der Waals surface area contributed by atoms with Gasteiger partial charge >= 0.3 is 5.97 Å². The number of carbonyl (C=O) groups is 2. The molecule has 0 saturated carbocycles. The van der Waals surface area contributed by atoms with Crippen LogP contribution in [-0.2, 0) is 14.3 Å². The van der Waals surface area contributed by atoms with Gasteiger partial charge in [0, 0.05) is 37.0 Å². The minimum absolute atomic E-state index is 0.139. The van der Waals surface area contributed by atoms with E-state index in [9.17, 15) is 9.59 Å². The first-order valence-electron chi connectivity index (χ1n) is 9.56. The van der Waals surface area contributed by atoms with Crippen molar-refractivity contribution in [3.05, 3.63) is 47.3 Å². The summed E-state index contributed by atoms with van der Waals surface area (Å²) in [4.78, 5) is 25.3. The number of aromatic nitrogens is 2. The van der Waals surface area contributed by atoms with Crippen LogP contribution in [0, 0.1) is 19.8 Å². The number of benzene rings is 1. The van der Waals surface area contributed by atoms with Crippen molar-refractivity contribution in [2.75, 3.05) is 19.7 Å². The van der Waals surface area contributed by atoms with E-state index in [1.165, 1.54) is 5.56 Å². The summed E-state index contributed by atoms with van der Waals surface area (Å²) in [6.07, 6.45) is 1.70. The summed E-state index contributed by atoms with van der Waals surface area (Å²) in [5, 5.41) is 4.52. The number of carbonyl (C=O) groups excluding carboxylic acids is 2. The molecule has 0 bridgehead atoms. The number of hydrogen-bond donors (Lipinski definition) is 0. The SMILES string of the molecule is Cc1cc(C)n(-c2ccc(C3CN(C(=O)CC[C@@H]4COC(=O)C4)C3)cc2)n1. The second-order valence-corrected chi connectivity index (χ2v) is 7.72. The maximum absolute atomic E-state index is 12.3. The molecular formula is C21H25N3O3. The molecule has 6 nitrogen and oxygen atoms in total. The van der Waals surface area contributed by atoms with Crippen molar-refractivity contribution in [2.24, 2.45) is 5.92 Å². The number of amides is 1. The Hall–Kier alpha value is -2.63. The summed E-state index contributed by atoms with van der Waals surface area (Å²) >= 11 is 0. The monoisotopic (exact) mass is 367 g/mol. The van der Waals surface area contributed by atoms with Crippen LogP contribution in [0.5, 0.6) is 0 Å². The highest BCUT2D eigenvalue weighted by Crippen LogP contribution is 2.29. The van der Waals surface area contributed by atoms with Crippen molar-refractivity contribution >= 4 is 11.9 Å². The lowest BCUT2D eigenvalue weighted by Crippen LogP contribution is -2.48. The van der Waals surface area contributed by atoms with E-state index in [1.807, 2.05) is 16.5 Å². The minimum Gasteiger partial charge on any atom is -0.465 e. The third-order valence-electron chi connectivity index (χ3n) is 5.55. The van der Waals surface area contributed by atoms with Crippen molar-refractivity contribution in [1.29, 1.82) is 0 Å². The van der Waals surface area contributed by atoms with Crippen LogP contribution in [-0.4, -0.2) is 46.3 Å². The van der Waals surface area contributed by atoms with Gasteiger partial charge in [0.05, 0.1) is 24.4 Å². The first kappa shape index (κ1) is 17.8. The molecule has 2 fully saturated rings. The van der Waals surface area contributed by atoms with E-state index >= 15 is 0 Å². The second-order valence-electron chi connectivity index (χ2n) is 7.72. The fourth-order valence-electron chi connectivity index (χ4n) is 3.91. The van der Waals surface area contributed by atoms with Crippen molar-refractivity contribution < 1.29 is 14.3 Å². The Labute approximate surface area is 159 Å². The van der Waals surface area contributed by atoms with Crippen molar-refractivity contribution in [3.8, 4) is 5.69 Å². The van der Waals surface area contributed by atoms with E-state index in [2.05, 4.69) is 42.4 Å². The third-order valence-corrected chi connectivity index (χ3v) is 5.55. The quantitative estimate of drug-likeness (QED) is 0.763. The Morgan fingerprint density at radius 1 is 1.22 bits per heavy atom. The Balaban J connectivity index is 1.28. The average molecular weight is 367 g/mol. The van der Waals surface area contributed by atoms with Gasteiger partial charge in [-0.2, -0.15) is 5.10 Å². The molecule has 27 heavy (non-hydrogen) atoms. The fourth-order valence-corrected chi connectivity index (χ4v) is 3.91. The van der Waals surface area contributed by atoms with Gasteiger partial charge in [-0.05, 0) is 44.0 Å². The van der Waals surface area contributed by atoms with Gasteiger partial charge in [0.2, 0.25) is 5.91 Å². The number of likely N-dealkylation sites (tertiary alicyclic amines) is 1. The number of cyclic esters (lactones) is 1. The first-order chi connectivity index (χ1) is 13.0. The van der Waals surface area contributed by atoms with E-state index < -0.39 is 0 Å². The van der Waals surface area contributed by atoms with Gasteiger partial charge in [-0.15, -0.1) is 0 Å². The fraction of sp³-hybridized carbons (Fsp3) is 0.476. The molecule has 4 rings (SSSR count). The molecule has 0 aliphatic carbocycles. The highest BCUT2D eigenvalue weighted by atomic mass is 16.5. The lowest BCUT2D eigenvalue weighted by molar-refractivity contribution is -0.138. The lowest BCUT2D eigenvalue weighted by atomic mass is 9.90. The topological polar surface area (TPSA) is 64.4 Å². The number of rotatable bonds is 5. The number of nitrogens with zero attached hydrogens (tertiary/aromatic N) is 3. The maximum atomic E-state index is 12.3. The van der Waals surface area contributed by atoms with E-state index in [0.717, 1.165) is 36.6 Å². The van der Waals surface area contributed by atoms with Crippen LogP contribution in [0.4, 0.5) is 0 Å². The maximum Gasteiger partial charge on any atom is 0.306 e. The Morgan fingerprint density at radius 2 is 1.96 bits per heavy atom. The summed E-state index contributed by atoms with van der Waals surface area (Å²) in [5.41, 5.74) is 4.46. The molecule has 2 aromatic rings. The molecule has 0 radical (unpaired) electrons. The normalized spacial score (nSPS) is 19.9. The predicted octanol–water partition coefficient (Wildman–Crippen LogP) is 2.76. The molecule has 6 heteroatoms. The highest BCUT2D eigenvalue weighted by molar-refractivity contribution is 5.77. The zero-order valence-corrected chi connectivity index (χ0v) is 15.9. The van der Waals surface area contributed by atoms with E-state index in [1.54, 1.807) is 0 Å². The Kier molecular flexibility index (Phi) is 4.72. The van der Waals surface area contributed by atoms with Crippen molar-refractivity contribution in [1.82, 2.24) is 14.7 Å². The molecule has 1 atom stereocenters. The Morgan fingerprint density at radius 3 is 2.56 bits per heavy atom. The van der Waals surface area contributed by atoms with Crippen LogP contribution < -0.4 is 0 Å². The molecule has 2 aliphatic rings. The zero-order chi connectivity index (χ0) is 19.0. The summed E-state index contributed by atoms with van der Waals surface area (Å²) < 4.78 is 6.91. The average Bonchev–Trinajstić information content (AvgIpc) is 3.17. The van der Waals surface area contributed by atoms with Crippen LogP contribution >= 0.6 is 0 Å². The van der Waals surface area contributed by atoms with Gasteiger partial charge in [0.25, 0.3) is 0 Å². The van der Waals surface area contributed by atoms with Crippen LogP contribution in [0.3, 0.4) is 0 Å². The minimum atomic E-state index is -0.139. The van der Waals surface area contributed by atoms with Crippen LogP contribution in [0.2, 0.25) is 0 Å². The number of ether oxygens (including phenoxy) is 1. The largest absolute Gasteiger partial charge is 0.465 e. The summed E-state index contributed by atoms with van der Waals surface area (Å²) in [6.45, 7) is 6.07. The van der Waals surface area contributed by atoms with Gasteiger partial charge in [-0.3, -0.25) is 9.59 Å². The van der Waals surface area contributed by atoms with E-state index in [4.69, 9.17) is 4.74 Å². The number of esters is 1. The molecule has 0 unspecified atom stereocenters. The van der Waals surface area contributed by atoms with E-state index in [0.29, 0.717) is 25.4 Å². The smallest absolute Gasteiger partial charge is 0.306 e. The molecule has 142 valence electrons. The van der Waals surface area contributed by atoms with Gasteiger partial charge < -0.3 is 9.64 Å². The predicted molar refractivity (Wildman–Crippen MR) is 101 cm³/mol. The Bertz CT molecular complexity index is 850. The van der Waals surface area contributed by atoms with Crippen LogP contribution in [0.15, 0.2) is 30.3 Å². The molecule has 1 amide bonds. The summed E-state index contributed by atoms with van der Waals surface area (Å²) in [7, 11) is 0. The molecule has 0 N–H and O–H groups in total. The second kappa shape index (κ2) is 7.18. The van der Waals surface area contributed by atoms with Crippen LogP contribution in [0.25, 0.3) is 5.69 Å². The third kappa shape index (κ3) is 3.75. The first-order valence-corrected chi connectivity index (χ1v) is 9.56. The van der Waals surface area contributed by atoms with Gasteiger partial charge in [0.1, 0.15) is 0 Å². The molecule has 2 saturated heterocycles. The molecular weight excluding hydrogens is 342 g/mol. The highest BCUT2D eigenvalue weighted by Gasteiger charge is 2.32. The molecule has 2 aliphatic heterocycles. The number of hydrogen-bond acceptors (Lipinski definition) is 4. The van der Waals surface area contributed by atoms with Gasteiger partial charge in [0.15, 0.2) is 0 Å². The standard InChI is InChI=1S/C21H25N3O3/c1-14-9-15(2)24(22-14)19-6-4-17(5-7-19)18-11-23(12-18)20(25)8-3-16-10-21(26)27-13-16/h4-7,9,16,18H,3,8,10-13H2,1-2H3/t16-/m0/s1. The van der Waals surface area contributed by atoms with Crippen molar-refractivity contribution in [3.63, 3.8) is 0 Å².